The number of nitrogens with zero attached hydrogens (tertiary/aromatic N) is 5. The van der Waals surface area contributed by atoms with Gasteiger partial charge in [-0.25, -0.2) is 9.97 Å². The van der Waals surface area contributed by atoms with Crippen LogP contribution in [0.5, 0.6) is 0 Å². The van der Waals surface area contributed by atoms with E-state index < -0.39 is 0 Å². The molecule has 0 radical (unpaired) electrons. The second kappa shape index (κ2) is 6.12. The second-order valence-corrected chi connectivity index (χ2v) is 3.79. The molecule has 0 saturated carbocycles. The molecule has 104 valence electrons. The Labute approximate surface area is 120 Å². The fraction of sp³-hybridized carbons (Fsp3) is 0. The molecule has 0 bridgehead atoms. The van der Waals surface area contributed by atoms with Crippen molar-refractivity contribution in [3.8, 4) is 6.07 Å². The first kappa shape index (κ1) is 14.0. The van der Waals surface area contributed by atoms with E-state index in [1.807, 2.05) is 6.07 Å². The maximum Gasteiger partial charge on any atom is 0.158 e. The van der Waals surface area contributed by atoms with Gasteiger partial charge in [-0.1, -0.05) is 6.58 Å². The summed E-state index contributed by atoms with van der Waals surface area (Å²) in [6.45, 7) is 6.84. The number of aliphatic imine (C=N–C) groups is 1. The van der Waals surface area contributed by atoms with Gasteiger partial charge in [0.25, 0.3) is 0 Å². The minimum Gasteiger partial charge on any atom is -0.506 e. The molecule has 2 rings (SSSR count). The second-order valence-electron chi connectivity index (χ2n) is 3.79. The van der Waals surface area contributed by atoms with Crippen molar-refractivity contribution in [1.29, 1.82) is 5.26 Å². The lowest BCUT2D eigenvalue weighted by molar-refractivity contribution is 0.434. The molecule has 2 aromatic rings. The molecule has 0 atom stereocenters. The highest BCUT2D eigenvalue weighted by atomic mass is 16.3. The number of H-pyrrole nitrogens is 1. The number of hydrogen-bond acceptors (Lipinski definition) is 7. The minimum absolute atomic E-state index is 0.113. The predicted octanol–water partition coefficient (Wildman–Crippen LogP) is 1.93. The number of aromatic nitrogens is 4. The highest BCUT2D eigenvalue weighted by molar-refractivity contribution is 5.71. The zero-order valence-electron chi connectivity index (χ0n) is 10.9. The molecular formula is C13H11N7O. The fourth-order valence-corrected chi connectivity index (χ4v) is 1.49. The minimum atomic E-state index is -0.113. The van der Waals surface area contributed by atoms with E-state index in [4.69, 9.17) is 5.26 Å². The number of nitrogens with one attached hydrogen (secondary N) is 2. The van der Waals surface area contributed by atoms with Gasteiger partial charge < -0.3 is 10.4 Å². The normalized spacial score (nSPS) is 11.2. The third kappa shape index (κ3) is 3.10. The first-order chi connectivity index (χ1) is 10.2. The van der Waals surface area contributed by atoms with Crippen LogP contribution in [-0.4, -0.2) is 32.0 Å². The maximum atomic E-state index is 9.63. The zero-order valence-corrected chi connectivity index (χ0v) is 10.9. The molecule has 0 saturated heterocycles. The van der Waals surface area contributed by atoms with Gasteiger partial charge >= 0.3 is 0 Å². The average molecular weight is 281 g/mol. The first-order valence-corrected chi connectivity index (χ1v) is 5.75. The number of nitriles is 1. The molecule has 2 heterocycles. The number of rotatable bonds is 5. The van der Waals surface area contributed by atoms with Crippen molar-refractivity contribution in [3.63, 3.8) is 0 Å². The lowest BCUT2D eigenvalue weighted by atomic mass is 10.2. The van der Waals surface area contributed by atoms with Gasteiger partial charge in [-0.2, -0.15) is 10.4 Å². The Morgan fingerprint density at radius 1 is 1.43 bits per heavy atom. The lowest BCUT2D eigenvalue weighted by Gasteiger charge is -2.00. The summed E-state index contributed by atoms with van der Waals surface area (Å²) in [4.78, 5) is 11.6. The molecule has 0 amide bonds. The lowest BCUT2D eigenvalue weighted by Crippen LogP contribution is -1.95. The number of aromatic amines is 1. The van der Waals surface area contributed by atoms with E-state index in [2.05, 4.69) is 43.8 Å². The Bertz CT molecular complexity index is 737. The predicted molar refractivity (Wildman–Crippen MR) is 77.9 cm³/mol. The highest BCUT2D eigenvalue weighted by Crippen LogP contribution is 2.21. The Balaban J connectivity index is 2.22. The van der Waals surface area contributed by atoms with Gasteiger partial charge in [0.15, 0.2) is 11.5 Å². The van der Waals surface area contributed by atoms with Crippen LogP contribution in [0.1, 0.15) is 11.4 Å². The van der Waals surface area contributed by atoms with Crippen LogP contribution in [0.2, 0.25) is 0 Å². The Kier molecular flexibility index (Phi) is 4.06. The third-order valence-corrected chi connectivity index (χ3v) is 2.45. The molecule has 8 nitrogen and oxygen atoms in total. The van der Waals surface area contributed by atoms with Crippen molar-refractivity contribution < 1.29 is 5.11 Å². The first-order valence-electron chi connectivity index (χ1n) is 5.75. The van der Waals surface area contributed by atoms with Crippen molar-refractivity contribution in [1.82, 2.24) is 20.2 Å². The molecule has 8 heteroatoms. The summed E-state index contributed by atoms with van der Waals surface area (Å²) in [5, 5.41) is 27.9. The van der Waals surface area contributed by atoms with E-state index in [0.717, 1.165) is 0 Å². The van der Waals surface area contributed by atoms with E-state index in [9.17, 15) is 5.11 Å². The maximum absolute atomic E-state index is 9.63. The van der Waals surface area contributed by atoms with Gasteiger partial charge in [0.2, 0.25) is 0 Å². The number of anilines is 2. The van der Waals surface area contributed by atoms with E-state index in [1.165, 1.54) is 18.5 Å². The van der Waals surface area contributed by atoms with Crippen LogP contribution in [0.3, 0.4) is 0 Å². The van der Waals surface area contributed by atoms with Crippen molar-refractivity contribution in [3.05, 3.63) is 48.3 Å². The van der Waals surface area contributed by atoms with Crippen LogP contribution >= 0.6 is 0 Å². The fourth-order valence-electron chi connectivity index (χ4n) is 1.49. The van der Waals surface area contributed by atoms with Crippen molar-refractivity contribution in [2.75, 3.05) is 5.32 Å². The van der Waals surface area contributed by atoms with E-state index in [0.29, 0.717) is 17.3 Å². The smallest absolute Gasteiger partial charge is 0.158 e. The van der Waals surface area contributed by atoms with Crippen LogP contribution in [-0.2, 0) is 0 Å². The van der Waals surface area contributed by atoms with Crippen molar-refractivity contribution in [2.45, 2.75) is 0 Å². The van der Waals surface area contributed by atoms with Gasteiger partial charge in [0.05, 0.1) is 18.1 Å². The summed E-state index contributed by atoms with van der Waals surface area (Å²) in [6.07, 6.45) is 4.01. The van der Waals surface area contributed by atoms with Gasteiger partial charge in [0.1, 0.15) is 23.3 Å². The molecule has 3 N–H and O–H groups in total. The third-order valence-electron chi connectivity index (χ3n) is 2.45. The van der Waals surface area contributed by atoms with Gasteiger partial charge in [-0.3, -0.25) is 10.1 Å². The monoisotopic (exact) mass is 281 g/mol. The molecule has 0 aliphatic rings. The number of aliphatic hydroxyl groups excluding tert-OH is 1. The van der Waals surface area contributed by atoms with Crippen LogP contribution in [0.4, 0.5) is 11.6 Å². The summed E-state index contributed by atoms with van der Waals surface area (Å²) in [6, 6.07) is 3.49. The standard InChI is InChI=1S/C13H11N7O/c1-3-10(21)13(15-2)9-4-11(20-19-9)18-12-7-16-8(5-14)6-17-12/h3-4,6-7,21H,1-2H2,(H2,17,18,19,20)/b13-10+. The van der Waals surface area contributed by atoms with Crippen LogP contribution in [0.15, 0.2) is 41.9 Å². The summed E-state index contributed by atoms with van der Waals surface area (Å²) in [5.74, 6) is 0.762. The SMILES string of the molecule is C=C/C(O)=C(\N=C)c1cc(Nc2cnc(C#N)cn2)n[nH]1. The molecule has 0 aromatic carbocycles. The number of aliphatic hydroxyl groups is 1. The van der Waals surface area contributed by atoms with E-state index in [1.54, 1.807) is 6.07 Å². The van der Waals surface area contributed by atoms with Crippen molar-refractivity contribution in [2.24, 2.45) is 4.99 Å². The van der Waals surface area contributed by atoms with Crippen LogP contribution < -0.4 is 5.32 Å². The molecule has 21 heavy (non-hydrogen) atoms. The number of allylic oxidation sites excluding steroid dienone is 1. The van der Waals surface area contributed by atoms with E-state index in [-0.39, 0.29) is 17.2 Å². The van der Waals surface area contributed by atoms with Gasteiger partial charge in [0, 0.05) is 6.07 Å². The molecule has 0 spiro atoms. The molecule has 0 fully saturated rings. The van der Waals surface area contributed by atoms with Crippen molar-refractivity contribution >= 4 is 24.1 Å². The molecule has 0 aliphatic carbocycles. The molecule has 2 aromatic heterocycles. The summed E-state index contributed by atoms with van der Waals surface area (Å²) >= 11 is 0. The quantitative estimate of drug-likeness (QED) is 0.437. The Hall–Kier alpha value is -3.47. The largest absolute Gasteiger partial charge is 0.506 e. The van der Waals surface area contributed by atoms with Crippen LogP contribution in [0.25, 0.3) is 5.70 Å². The summed E-state index contributed by atoms with van der Waals surface area (Å²) in [7, 11) is 0. The van der Waals surface area contributed by atoms with Gasteiger partial charge in [-0.05, 0) is 12.8 Å². The van der Waals surface area contributed by atoms with Crippen LogP contribution in [0, 0.1) is 11.3 Å². The van der Waals surface area contributed by atoms with E-state index >= 15 is 0 Å². The highest BCUT2D eigenvalue weighted by Gasteiger charge is 2.09. The summed E-state index contributed by atoms with van der Waals surface area (Å²) in [5.41, 5.74) is 0.920. The molecular weight excluding hydrogens is 270 g/mol. The molecule has 0 aliphatic heterocycles. The Morgan fingerprint density at radius 3 is 2.81 bits per heavy atom. The van der Waals surface area contributed by atoms with Gasteiger partial charge in [-0.15, -0.1) is 0 Å². The Morgan fingerprint density at radius 2 is 2.24 bits per heavy atom. The zero-order chi connectivity index (χ0) is 15.2. The number of hydrogen-bond donors (Lipinski definition) is 3. The topological polar surface area (TPSA) is 123 Å². The average Bonchev–Trinajstić information content (AvgIpc) is 2.96. The molecule has 0 unspecified atom stereocenters. The summed E-state index contributed by atoms with van der Waals surface area (Å²) < 4.78 is 0.